The van der Waals surface area contributed by atoms with Crippen molar-refractivity contribution in [3.8, 4) is 11.5 Å². The van der Waals surface area contributed by atoms with Crippen molar-refractivity contribution in [3.63, 3.8) is 0 Å². The summed E-state index contributed by atoms with van der Waals surface area (Å²) in [5.41, 5.74) is 1.35. The molecule has 3 aromatic rings. The number of benzene rings is 2. The molecule has 0 saturated heterocycles. The first-order valence-corrected chi connectivity index (χ1v) is 10.1. The van der Waals surface area contributed by atoms with E-state index in [1.807, 2.05) is 31.2 Å². The van der Waals surface area contributed by atoms with Crippen LogP contribution >= 0.6 is 11.8 Å². The van der Waals surface area contributed by atoms with E-state index < -0.39 is 0 Å². The van der Waals surface area contributed by atoms with Gasteiger partial charge in [-0.05, 0) is 36.8 Å². The fraction of sp³-hybridized carbons (Fsp3) is 0.286. The average molecular weight is 413 g/mol. The van der Waals surface area contributed by atoms with Crippen LogP contribution in [0, 0.1) is 0 Å². The van der Waals surface area contributed by atoms with Crippen LogP contribution in [0.2, 0.25) is 0 Å². The number of aromatic nitrogens is 2. The molecule has 3 rings (SSSR count). The molecule has 0 atom stereocenters. The highest BCUT2D eigenvalue weighted by Gasteiger charge is 2.15. The number of hydrogen-bond donors (Lipinski definition) is 1. The lowest BCUT2D eigenvalue weighted by molar-refractivity contribution is -0.128. The van der Waals surface area contributed by atoms with Crippen LogP contribution in [-0.2, 0) is 11.3 Å². The number of rotatable bonds is 8. The Morgan fingerprint density at radius 1 is 1.14 bits per heavy atom. The van der Waals surface area contributed by atoms with Gasteiger partial charge in [-0.2, -0.15) is 0 Å². The Balaban J connectivity index is 1.68. The molecule has 0 aliphatic heterocycles. The minimum Gasteiger partial charge on any atom is -0.493 e. The van der Waals surface area contributed by atoms with E-state index in [9.17, 15) is 9.59 Å². The third-order valence-electron chi connectivity index (χ3n) is 4.48. The average Bonchev–Trinajstić information content (AvgIpc) is 2.75. The zero-order valence-electron chi connectivity index (χ0n) is 16.6. The van der Waals surface area contributed by atoms with Crippen LogP contribution < -0.4 is 15.0 Å². The molecule has 8 heteroatoms. The largest absolute Gasteiger partial charge is 0.493 e. The van der Waals surface area contributed by atoms with Crippen molar-refractivity contribution < 1.29 is 14.3 Å². The number of ether oxygens (including phenoxy) is 2. The van der Waals surface area contributed by atoms with Crippen molar-refractivity contribution in [1.29, 1.82) is 0 Å². The first kappa shape index (κ1) is 20.7. The van der Waals surface area contributed by atoms with Crippen LogP contribution in [-0.4, -0.2) is 47.3 Å². The van der Waals surface area contributed by atoms with E-state index in [0.717, 1.165) is 5.56 Å². The Kier molecular flexibility index (Phi) is 6.77. The van der Waals surface area contributed by atoms with Gasteiger partial charge in [0.2, 0.25) is 5.91 Å². The quantitative estimate of drug-likeness (QED) is 0.451. The Hall–Kier alpha value is -3.00. The molecule has 1 aromatic heterocycles. The minimum atomic E-state index is -0.205. The second-order valence-electron chi connectivity index (χ2n) is 6.27. The van der Waals surface area contributed by atoms with Crippen molar-refractivity contribution in [3.05, 3.63) is 58.4 Å². The number of para-hydroxylation sites is 1. The van der Waals surface area contributed by atoms with E-state index in [-0.39, 0.29) is 17.2 Å². The zero-order chi connectivity index (χ0) is 20.8. The summed E-state index contributed by atoms with van der Waals surface area (Å²) in [5, 5.41) is 0.969. The van der Waals surface area contributed by atoms with E-state index in [2.05, 4.69) is 9.97 Å². The summed E-state index contributed by atoms with van der Waals surface area (Å²) in [7, 11) is 3.17. The van der Waals surface area contributed by atoms with Crippen LogP contribution in [0.3, 0.4) is 0 Å². The third kappa shape index (κ3) is 4.89. The van der Waals surface area contributed by atoms with Crippen LogP contribution in [0.25, 0.3) is 10.9 Å². The normalized spacial score (nSPS) is 10.7. The van der Waals surface area contributed by atoms with E-state index >= 15 is 0 Å². The molecule has 0 radical (unpaired) electrons. The van der Waals surface area contributed by atoms with Gasteiger partial charge in [0.1, 0.15) is 0 Å². The number of thioether (sulfide) groups is 1. The van der Waals surface area contributed by atoms with Gasteiger partial charge in [-0.25, -0.2) is 4.98 Å². The number of amides is 1. The topological polar surface area (TPSA) is 84.5 Å². The molecule has 7 nitrogen and oxygen atoms in total. The lowest BCUT2D eigenvalue weighted by atomic mass is 10.2. The molecular weight excluding hydrogens is 390 g/mol. The molecule has 0 fully saturated rings. The van der Waals surface area contributed by atoms with E-state index in [0.29, 0.717) is 40.6 Å². The van der Waals surface area contributed by atoms with Crippen molar-refractivity contribution in [2.75, 3.05) is 26.5 Å². The highest BCUT2D eigenvalue weighted by atomic mass is 32.2. The number of carbonyl (C=O) groups is 1. The second-order valence-corrected chi connectivity index (χ2v) is 7.24. The maximum atomic E-state index is 12.7. The molecule has 29 heavy (non-hydrogen) atoms. The molecule has 0 bridgehead atoms. The summed E-state index contributed by atoms with van der Waals surface area (Å²) in [4.78, 5) is 33.8. The fourth-order valence-electron chi connectivity index (χ4n) is 2.93. The molecule has 152 valence electrons. The maximum absolute atomic E-state index is 12.7. The highest BCUT2D eigenvalue weighted by Crippen LogP contribution is 2.28. The summed E-state index contributed by atoms with van der Waals surface area (Å²) in [6.45, 7) is 2.95. The number of H-pyrrole nitrogens is 1. The summed E-state index contributed by atoms with van der Waals surface area (Å²) in [5.74, 6) is 1.42. The number of aromatic amines is 1. The van der Waals surface area contributed by atoms with Crippen molar-refractivity contribution in [1.82, 2.24) is 14.9 Å². The van der Waals surface area contributed by atoms with Crippen LogP contribution in [0.4, 0.5) is 0 Å². The highest BCUT2D eigenvalue weighted by molar-refractivity contribution is 7.99. The van der Waals surface area contributed by atoms with Crippen LogP contribution in [0.1, 0.15) is 12.5 Å². The number of methoxy groups -OCH3 is 2. The molecule has 1 amide bonds. The first-order valence-electron chi connectivity index (χ1n) is 9.16. The zero-order valence-corrected chi connectivity index (χ0v) is 17.4. The monoisotopic (exact) mass is 413 g/mol. The predicted molar refractivity (Wildman–Crippen MR) is 114 cm³/mol. The van der Waals surface area contributed by atoms with Crippen LogP contribution in [0.15, 0.2) is 52.4 Å². The lowest BCUT2D eigenvalue weighted by Crippen LogP contribution is -2.31. The summed E-state index contributed by atoms with van der Waals surface area (Å²) >= 11 is 1.22. The maximum Gasteiger partial charge on any atom is 0.259 e. The molecule has 0 aliphatic carbocycles. The fourth-order valence-corrected chi connectivity index (χ4v) is 3.70. The number of fused-ring (bicyclic) bond motifs is 1. The van der Waals surface area contributed by atoms with E-state index in [1.54, 1.807) is 37.3 Å². The molecule has 1 heterocycles. The second kappa shape index (κ2) is 9.47. The van der Waals surface area contributed by atoms with Gasteiger partial charge in [0, 0.05) is 13.1 Å². The molecule has 0 aliphatic rings. The Morgan fingerprint density at radius 2 is 1.90 bits per heavy atom. The summed E-state index contributed by atoms with van der Waals surface area (Å²) in [6, 6.07) is 12.7. The number of nitrogens with one attached hydrogen (secondary N) is 1. The number of nitrogens with zero attached hydrogens (tertiary/aromatic N) is 2. The Bertz CT molecular complexity index is 1070. The number of hydrogen-bond acceptors (Lipinski definition) is 6. The van der Waals surface area contributed by atoms with Gasteiger partial charge < -0.3 is 19.4 Å². The smallest absolute Gasteiger partial charge is 0.259 e. The van der Waals surface area contributed by atoms with Crippen molar-refractivity contribution in [2.45, 2.75) is 18.6 Å². The van der Waals surface area contributed by atoms with Gasteiger partial charge in [0.05, 0.1) is 30.9 Å². The summed E-state index contributed by atoms with van der Waals surface area (Å²) < 4.78 is 10.6. The predicted octanol–water partition coefficient (Wildman–Crippen LogP) is 3.08. The van der Waals surface area contributed by atoms with Crippen molar-refractivity contribution >= 4 is 28.6 Å². The SMILES string of the molecule is CCN(Cc1ccc(OC)c(OC)c1)C(=O)CSc1nc2ccccc2c(=O)[nH]1. The van der Waals surface area contributed by atoms with E-state index in [4.69, 9.17) is 9.47 Å². The molecular formula is C21H23N3O4S. The molecule has 2 aromatic carbocycles. The third-order valence-corrected chi connectivity index (χ3v) is 5.34. The molecule has 0 saturated carbocycles. The van der Waals surface area contributed by atoms with Gasteiger partial charge in [0.15, 0.2) is 16.7 Å². The van der Waals surface area contributed by atoms with Crippen molar-refractivity contribution in [2.24, 2.45) is 0 Å². The molecule has 0 spiro atoms. The standard InChI is InChI=1S/C21H23N3O4S/c1-4-24(12-14-9-10-17(27-2)18(11-14)28-3)19(25)13-29-21-22-16-8-6-5-7-15(16)20(26)23-21/h5-11H,4,12-13H2,1-3H3,(H,22,23,26). The Labute approximate surface area is 173 Å². The molecule has 1 N–H and O–H groups in total. The van der Waals surface area contributed by atoms with Gasteiger partial charge >= 0.3 is 0 Å². The van der Waals surface area contributed by atoms with Gasteiger partial charge in [-0.1, -0.05) is 30.0 Å². The van der Waals surface area contributed by atoms with Gasteiger partial charge in [-0.3, -0.25) is 9.59 Å². The van der Waals surface area contributed by atoms with E-state index in [1.165, 1.54) is 11.8 Å². The summed E-state index contributed by atoms with van der Waals surface area (Å²) in [6.07, 6.45) is 0. The van der Waals surface area contributed by atoms with Gasteiger partial charge in [0.25, 0.3) is 5.56 Å². The van der Waals surface area contributed by atoms with Crippen LogP contribution in [0.5, 0.6) is 11.5 Å². The number of carbonyl (C=O) groups excluding carboxylic acids is 1. The molecule has 0 unspecified atom stereocenters. The van der Waals surface area contributed by atoms with Gasteiger partial charge in [-0.15, -0.1) is 0 Å². The first-order chi connectivity index (χ1) is 14.0. The minimum absolute atomic E-state index is 0.0388. The lowest BCUT2D eigenvalue weighted by Gasteiger charge is -2.21. The Morgan fingerprint density at radius 3 is 2.62 bits per heavy atom.